The summed E-state index contributed by atoms with van der Waals surface area (Å²) in [6.45, 7) is 4.60. The van der Waals surface area contributed by atoms with Gasteiger partial charge in [0.15, 0.2) is 0 Å². The molecule has 0 unspecified atom stereocenters. The van der Waals surface area contributed by atoms with Gasteiger partial charge in [-0.2, -0.15) is 5.26 Å². The van der Waals surface area contributed by atoms with Crippen molar-refractivity contribution in [3.63, 3.8) is 0 Å². The zero-order valence-corrected chi connectivity index (χ0v) is 25.1. The number of nitrogens with one attached hydrogen (secondary N) is 1. The minimum Gasteiger partial charge on any atom is -0.489 e. The minimum atomic E-state index is -3.60. The van der Waals surface area contributed by atoms with Crippen molar-refractivity contribution in [3.05, 3.63) is 108 Å². The average molecular weight is 594 g/mol. The van der Waals surface area contributed by atoms with Crippen molar-refractivity contribution in [2.24, 2.45) is 0 Å². The van der Waals surface area contributed by atoms with Crippen LogP contribution < -0.4 is 14.4 Å². The molecule has 0 radical (unpaired) electrons. The summed E-state index contributed by atoms with van der Waals surface area (Å²) in [5.41, 5.74) is 2.32. The first-order valence-corrected chi connectivity index (χ1v) is 15.0. The SMILES string of the molecule is CC(C)(Cc1ccc2ccccc2c1)NC[C@@H](O)COc1ccc(N(Cc2ccccc2)S(C)(=O)=O)cc1C#N.Cl. The van der Waals surface area contributed by atoms with Gasteiger partial charge in [-0.05, 0) is 60.4 Å². The van der Waals surface area contributed by atoms with Gasteiger partial charge in [-0.1, -0.05) is 72.8 Å². The molecule has 41 heavy (non-hydrogen) atoms. The molecule has 9 heteroatoms. The number of aliphatic hydroxyl groups is 1. The first kappa shape index (κ1) is 31.9. The summed E-state index contributed by atoms with van der Waals surface area (Å²) in [5.74, 6) is 0.286. The van der Waals surface area contributed by atoms with E-state index in [1.165, 1.54) is 26.7 Å². The van der Waals surface area contributed by atoms with Crippen molar-refractivity contribution >= 4 is 38.9 Å². The molecule has 0 amide bonds. The lowest BCUT2D eigenvalue weighted by molar-refractivity contribution is 0.0987. The highest BCUT2D eigenvalue weighted by Gasteiger charge is 2.22. The standard InChI is InChI=1S/C32H35N3O4S.ClH/c1-32(2,19-25-13-14-26-11-7-8-12-27(26)17-25)34-21-30(36)23-39-31-16-15-29(18-28(31)20-33)35(40(3,37)38)22-24-9-5-4-6-10-24;/h4-18,30,34,36H,19,21-23H2,1-3H3;1H/t30-;/m1./s1. The number of halogens is 1. The molecule has 0 aliphatic carbocycles. The third kappa shape index (κ3) is 8.94. The largest absolute Gasteiger partial charge is 0.489 e. The van der Waals surface area contributed by atoms with Gasteiger partial charge in [-0.25, -0.2) is 8.42 Å². The second kappa shape index (κ2) is 13.8. The molecule has 4 rings (SSSR count). The average Bonchev–Trinajstić information content (AvgIpc) is 2.93. The molecule has 0 saturated heterocycles. The molecule has 7 nitrogen and oxygen atoms in total. The van der Waals surface area contributed by atoms with E-state index in [4.69, 9.17) is 4.74 Å². The lowest BCUT2D eigenvalue weighted by Gasteiger charge is -2.28. The monoisotopic (exact) mass is 593 g/mol. The Morgan fingerprint density at radius 3 is 2.32 bits per heavy atom. The Kier molecular flexibility index (Phi) is 10.8. The van der Waals surface area contributed by atoms with Gasteiger partial charge in [0, 0.05) is 12.1 Å². The van der Waals surface area contributed by atoms with Gasteiger partial charge in [0.25, 0.3) is 0 Å². The topological polar surface area (TPSA) is 103 Å². The highest BCUT2D eigenvalue weighted by molar-refractivity contribution is 7.92. The zero-order chi connectivity index (χ0) is 28.8. The van der Waals surface area contributed by atoms with Gasteiger partial charge in [0.1, 0.15) is 24.5 Å². The number of fused-ring (bicyclic) bond motifs is 1. The van der Waals surface area contributed by atoms with Crippen molar-refractivity contribution in [3.8, 4) is 11.8 Å². The van der Waals surface area contributed by atoms with E-state index in [2.05, 4.69) is 55.6 Å². The van der Waals surface area contributed by atoms with Crippen LogP contribution in [0.4, 0.5) is 5.69 Å². The third-order valence-electron chi connectivity index (χ3n) is 6.65. The highest BCUT2D eigenvalue weighted by Crippen LogP contribution is 2.28. The fourth-order valence-corrected chi connectivity index (χ4v) is 5.48. The number of nitrogens with zero attached hydrogens (tertiary/aromatic N) is 2. The van der Waals surface area contributed by atoms with Crippen LogP contribution in [-0.2, 0) is 23.0 Å². The molecule has 0 fully saturated rings. The molecule has 0 aliphatic heterocycles. The van der Waals surface area contributed by atoms with E-state index < -0.39 is 16.1 Å². The van der Waals surface area contributed by atoms with E-state index in [-0.39, 0.29) is 42.4 Å². The van der Waals surface area contributed by atoms with Crippen LogP contribution in [0.15, 0.2) is 91.0 Å². The van der Waals surface area contributed by atoms with Gasteiger partial charge in [0.05, 0.1) is 24.1 Å². The summed E-state index contributed by atoms with van der Waals surface area (Å²) in [6.07, 6.45) is 1.11. The fourth-order valence-electron chi connectivity index (χ4n) is 4.60. The number of hydrogen-bond donors (Lipinski definition) is 2. The highest BCUT2D eigenvalue weighted by atomic mass is 35.5. The molecule has 4 aromatic carbocycles. The van der Waals surface area contributed by atoms with Crippen LogP contribution in [0.5, 0.6) is 5.75 Å². The number of benzene rings is 4. The van der Waals surface area contributed by atoms with Gasteiger partial charge in [0.2, 0.25) is 10.0 Å². The lowest BCUT2D eigenvalue weighted by Crippen LogP contribution is -2.46. The van der Waals surface area contributed by atoms with Crippen LogP contribution in [0.25, 0.3) is 10.8 Å². The zero-order valence-electron chi connectivity index (χ0n) is 23.4. The molecule has 0 bridgehead atoms. The Labute approximate surface area is 248 Å². The normalized spacial score (nSPS) is 12.3. The number of ether oxygens (including phenoxy) is 1. The Balaban J connectivity index is 0.00000462. The Morgan fingerprint density at radius 1 is 0.951 bits per heavy atom. The molecular formula is C32H36ClN3O4S. The molecule has 0 spiro atoms. The number of β-amino-alcohol motifs (C(OH)–C–C–N with tert-alkyl or cyclic N) is 1. The predicted molar refractivity (Wildman–Crippen MR) is 167 cm³/mol. The molecule has 216 valence electrons. The molecule has 2 N–H and O–H groups in total. The Morgan fingerprint density at radius 2 is 1.63 bits per heavy atom. The number of sulfonamides is 1. The minimum absolute atomic E-state index is 0. The van der Waals surface area contributed by atoms with Gasteiger partial charge < -0.3 is 15.2 Å². The lowest BCUT2D eigenvalue weighted by atomic mass is 9.93. The van der Waals surface area contributed by atoms with E-state index in [9.17, 15) is 18.8 Å². The maximum Gasteiger partial charge on any atom is 0.232 e. The molecule has 0 heterocycles. The van der Waals surface area contributed by atoms with Gasteiger partial charge in [-0.3, -0.25) is 4.31 Å². The van der Waals surface area contributed by atoms with Crippen molar-refractivity contribution < 1.29 is 18.3 Å². The number of rotatable bonds is 12. The number of anilines is 1. The molecule has 4 aromatic rings. The van der Waals surface area contributed by atoms with E-state index in [1.807, 2.05) is 42.5 Å². The van der Waals surface area contributed by atoms with E-state index >= 15 is 0 Å². The maximum absolute atomic E-state index is 12.5. The number of hydrogen-bond acceptors (Lipinski definition) is 6. The predicted octanol–water partition coefficient (Wildman–Crippen LogP) is 5.45. The molecule has 0 saturated carbocycles. The fraction of sp³-hybridized carbons (Fsp3) is 0.281. The van der Waals surface area contributed by atoms with Crippen LogP contribution in [0, 0.1) is 11.3 Å². The van der Waals surface area contributed by atoms with Crippen LogP contribution in [-0.4, -0.2) is 44.6 Å². The first-order chi connectivity index (χ1) is 19.0. The van der Waals surface area contributed by atoms with E-state index in [0.717, 1.165) is 18.2 Å². The van der Waals surface area contributed by atoms with Crippen molar-refractivity contribution in [1.82, 2.24) is 5.32 Å². The van der Waals surface area contributed by atoms with Crippen LogP contribution in [0.3, 0.4) is 0 Å². The quantitative estimate of drug-likeness (QED) is 0.226. The van der Waals surface area contributed by atoms with Gasteiger partial charge >= 0.3 is 0 Å². The molecular weight excluding hydrogens is 558 g/mol. The van der Waals surface area contributed by atoms with Gasteiger partial charge in [-0.15, -0.1) is 12.4 Å². The number of nitriles is 1. The Hall–Kier alpha value is -3.61. The van der Waals surface area contributed by atoms with Crippen LogP contribution in [0.2, 0.25) is 0 Å². The van der Waals surface area contributed by atoms with Crippen LogP contribution >= 0.6 is 12.4 Å². The van der Waals surface area contributed by atoms with Crippen molar-refractivity contribution in [2.45, 2.75) is 38.5 Å². The maximum atomic E-state index is 12.5. The van der Waals surface area contributed by atoms with Crippen molar-refractivity contribution in [2.75, 3.05) is 23.7 Å². The second-order valence-electron chi connectivity index (χ2n) is 10.6. The first-order valence-electron chi connectivity index (χ1n) is 13.1. The summed E-state index contributed by atoms with van der Waals surface area (Å²) >= 11 is 0. The van der Waals surface area contributed by atoms with E-state index in [0.29, 0.717) is 12.2 Å². The summed E-state index contributed by atoms with van der Waals surface area (Å²) in [4.78, 5) is 0. The van der Waals surface area contributed by atoms with E-state index in [1.54, 1.807) is 12.1 Å². The smallest absolute Gasteiger partial charge is 0.232 e. The Bertz CT molecular complexity index is 1600. The van der Waals surface area contributed by atoms with Crippen LogP contribution in [0.1, 0.15) is 30.5 Å². The summed E-state index contributed by atoms with van der Waals surface area (Å²) in [5, 5.41) is 26.1. The third-order valence-corrected chi connectivity index (χ3v) is 7.79. The summed E-state index contributed by atoms with van der Waals surface area (Å²) in [7, 11) is -3.60. The van der Waals surface area contributed by atoms with Crippen molar-refractivity contribution in [1.29, 1.82) is 5.26 Å². The summed E-state index contributed by atoms with van der Waals surface area (Å²) in [6, 6.07) is 30.7. The summed E-state index contributed by atoms with van der Waals surface area (Å²) < 4.78 is 32.1. The number of aliphatic hydroxyl groups excluding tert-OH is 1. The molecule has 0 aromatic heterocycles. The second-order valence-corrected chi connectivity index (χ2v) is 12.5. The molecule has 0 aliphatic rings. The molecule has 1 atom stereocenters.